The highest BCUT2D eigenvalue weighted by molar-refractivity contribution is 6.31. The summed E-state index contributed by atoms with van der Waals surface area (Å²) in [5.41, 5.74) is 1.80. The van der Waals surface area contributed by atoms with Crippen molar-refractivity contribution in [3.63, 3.8) is 0 Å². The molecule has 5 heteroatoms. The van der Waals surface area contributed by atoms with Crippen molar-refractivity contribution in [1.29, 1.82) is 0 Å². The van der Waals surface area contributed by atoms with Crippen molar-refractivity contribution in [3.8, 4) is 0 Å². The van der Waals surface area contributed by atoms with Gasteiger partial charge in [-0.2, -0.15) is 0 Å². The molecule has 122 valence electrons. The number of aliphatic hydroxyl groups excluding tert-OH is 1. The number of aliphatic hydroxyl groups is 1. The number of benzene rings is 1. The van der Waals surface area contributed by atoms with E-state index in [1.54, 1.807) is 0 Å². The molecule has 22 heavy (non-hydrogen) atoms. The normalized spacial score (nSPS) is 14.0. The maximum Gasteiger partial charge on any atom is 0.123 e. The molecular formula is C17H26ClN3O. The second-order valence-corrected chi connectivity index (χ2v) is 7.44. The van der Waals surface area contributed by atoms with Crippen LogP contribution in [0, 0.1) is 11.3 Å². The van der Waals surface area contributed by atoms with Crippen molar-refractivity contribution in [1.82, 2.24) is 14.9 Å². The quantitative estimate of drug-likeness (QED) is 0.857. The van der Waals surface area contributed by atoms with Crippen LogP contribution in [0.3, 0.4) is 0 Å². The first kappa shape index (κ1) is 17.3. The minimum Gasteiger partial charge on any atom is -0.392 e. The first-order valence-corrected chi connectivity index (χ1v) is 8.10. The molecule has 1 atom stereocenters. The Bertz CT molecular complexity index is 649. The first-order chi connectivity index (χ1) is 10.2. The van der Waals surface area contributed by atoms with Gasteiger partial charge in [-0.05, 0) is 24.1 Å². The number of nitrogens with one attached hydrogen (secondary N) is 1. The van der Waals surface area contributed by atoms with Crippen LogP contribution in [0.1, 0.15) is 33.5 Å². The summed E-state index contributed by atoms with van der Waals surface area (Å²) < 4.78 is 2.07. The number of halogens is 1. The van der Waals surface area contributed by atoms with E-state index in [1.165, 1.54) is 0 Å². The van der Waals surface area contributed by atoms with Crippen molar-refractivity contribution in [3.05, 3.63) is 29.0 Å². The smallest absolute Gasteiger partial charge is 0.123 e. The predicted molar refractivity (Wildman–Crippen MR) is 92.1 cm³/mol. The summed E-state index contributed by atoms with van der Waals surface area (Å²) in [6, 6.07) is 5.75. The zero-order chi connectivity index (χ0) is 16.5. The van der Waals surface area contributed by atoms with Gasteiger partial charge in [0.15, 0.2) is 0 Å². The lowest BCUT2D eigenvalue weighted by Crippen LogP contribution is -2.41. The van der Waals surface area contributed by atoms with Gasteiger partial charge >= 0.3 is 0 Å². The van der Waals surface area contributed by atoms with Gasteiger partial charge in [0.1, 0.15) is 5.82 Å². The van der Waals surface area contributed by atoms with E-state index in [0.29, 0.717) is 11.6 Å². The van der Waals surface area contributed by atoms with Crippen molar-refractivity contribution in [2.75, 3.05) is 6.54 Å². The molecule has 0 amide bonds. The van der Waals surface area contributed by atoms with Gasteiger partial charge < -0.3 is 15.0 Å². The van der Waals surface area contributed by atoms with Gasteiger partial charge in [0, 0.05) is 24.0 Å². The van der Waals surface area contributed by atoms with Gasteiger partial charge in [-0.15, -0.1) is 0 Å². The lowest BCUT2D eigenvalue weighted by molar-refractivity contribution is 0.0133. The summed E-state index contributed by atoms with van der Waals surface area (Å²) in [5.74, 6) is 1.21. The number of fused-ring (bicyclic) bond motifs is 1. The van der Waals surface area contributed by atoms with Crippen LogP contribution in [-0.2, 0) is 13.6 Å². The van der Waals surface area contributed by atoms with Gasteiger partial charge in [-0.25, -0.2) is 4.98 Å². The van der Waals surface area contributed by atoms with E-state index in [0.717, 1.165) is 23.4 Å². The Morgan fingerprint density at radius 3 is 2.68 bits per heavy atom. The van der Waals surface area contributed by atoms with E-state index < -0.39 is 0 Å². The van der Waals surface area contributed by atoms with Crippen LogP contribution >= 0.6 is 11.6 Å². The second-order valence-electron chi connectivity index (χ2n) is 7.00. The number of nitrogens with zero attached hydrogens (tertiary/aromatic N) is 2. The maximum atomic E-state index is 10.3. The van der Waals surface area contributed by atoms with E-state index in [4.69, 9.17) is 11.6 Å². The van der Waals surface area contributed by atoms with Crippen LogP contribution in [0.15, 0.2) is 18.2 Å². The molecule has 0 aliphatic rings. The number of rotatable bonds is 6. The Labute approximate surface area is 137 Å². The molecule has 0 bridgehead atoms. The van der Waals surface area contributed by atoms with Crippen molar-refractivity contribution in [2.24, 2.45) is 18.4 Å². The fourth-order valence-electron chi connectivity index (χ4n) is 2.88. The lowest BCUT2D eigenvalue weighted by Gasteiger charge is -2.33. The molecule has 0 saturated heterocycles. The second kappa shape index (κ2) is 6.57. The summed E-state index contributed by atoms with van der Waals surface area (Å²) in [5, 5.41) is 14.4. The minimum atomic E-state index is -0.334. The van der Waals surface area contributed by atoms with Gasteiger partial charge in [-0.1, -0.05) is 39.3 Å². The largest absolute Gasteiger partial charge is 0.392 e. The SMILES string of the molecule is CC(C)C(O)C(C)(C)CNCc1nc2cc(Cl)ccc2n1C. The van der Waals surface area contributed by atoms with Crippen LogP contribution in [-0.4, -0.2) is 27.3 Å². The third-order valence-electron chi connectivity index (χ3n) is 4.23. The summed E-state index contributed by atoms with van der Waals surface area (Å²) >= 11 is 6.02. The monoisotopic (exact) mass is 323 g/mol. The van der Waals surface area contributed by atoms with E-state index in [9.17, 15) is 5.11 Å². The molecule has 0 saturated carbocycles. The number of aromatic nitrogens is 2. The molecule has 1 aromatic heterocycles. The number of aryl methyl sites for hydroxylation is 1. The Kier molecular flexibility index (Phi) is 5.15. The van der Waals surface area contributed by atoms with E-state index >= 15 is 0 Å². The van der Waals surface area contributed by atoms with E-state index in [1.807, 2.05) is 39.1 Å². The van der Waals surface area contributed by atoms with Crippen LogP contribution in [0.25, 0.3) is 11.0 Å². The van der Waals surface area contributed by atoms with E-state index in [2.05, 4.69) is 28.7 Å². The molecule has 2 rings (SSSR count). The molecule has 0 aliphatic carbocycles. The third-order valence-corrected chi connectivity index (χ3v) is 4.47. The van der Waals surface area contributed by atoms with Gasteiger partial charge in [0.2, 0.25) is 0 Å². The fourth-order valence-corrected chi connectivity index (χ4v) is 3.05. The standard InChI is InChI=1S/C17H26ClN3O/c1-11(2)16(22)17(3,4)10-19-9-15-20-13-8-12(18)6-7-14(13)21(15)5/h6-8,11,16,19,22H,9-10H2,1-5H3. The average molecular weight is 324 g/mol. The summed E-state index contributed by atoms with van der Waals surface area (Å²) in [6.45, 7) is 9.65. The highest BCUT2D eigenvalue weighted by Gasteiger charge is 2.29. The minimum absolute atomic E-state index is 0.179. The highest BCUT2D eigenvalue weighted by Crippen LogP contribution is 2.25. The van der Waals surface area contributed by atoms with Crippen LogP contribution in [0.5, 0.6) is 0 Å². The molecule has 1 heterocycles. The summed E-state index contributed by atoms with van der Waals surface area (Å²) in [6.07, 6.45) is -0.334. The van der Waals surface area contributed by atoms with E-state index in [-0.39, 0.29) is 17.4 Å². The molecular weight excluding hydrogens is 298 g/mol. The van der Waals surface area contributed by atoms with Gasteiger partial charge in [0.25, 0.3) is 0 Å². The Morgan fingerprint density at radius 1 is 1.36 bits per heavy atom. The molecule has 0 fully saturated rings. The molecule has 1 unspecified atom stereocenters. The Hall–Kier alpha value is -1.10. The number of imidazole rings is 1. The van der Waals surface area contributed by atoms with Crippen LogP contribution < -0.4 is 5.32 Å². The first-order valence-electron chi connectivity index (χ1n) is 7.72. The fraction of sp³-hybridized carbons (Fsp3) is 0.588. The average Bonchev–Trinajstić information content (AvgIpc) is 2.73. The summed E-state index contributed by atoms with van der Waals surface area (Å²) in [4.78, 5) is 4.63. The molecule has 1 aromatic carbocycles. The molecule has 4 nitrogen and oxygen atoms in total. The molecule has 0 radical (unpaired) electrons. The molecule has 2 aromatic rings. The van der Waals surface area contributed by atoms with Gasteiger partial charge in [0.05, 0.1) is 23.7 Å². The predicted octanol–water partition coefficient (Wildman–Crippen LogP) is 3.36. The number of hydrogen-bond donors (Lipinski definition) is 2. The third kappa shape index (κ3) is 3.62. The van der Waals surface area contributed by atoms with Gasteiger partial charge in [-0.3, -0.25) is 0 Å². The van der Waals surface area contributed by atoms with Crippen molar-refractivity contribution in [2.45, 2.75) is 40.3 Å². The van der Waals surface area contributed by atoms with Crippen molar-refractivity contribution >= 4 is 22.6 Å². The van der Waals surface area contributed by atoms with Crippen molar-refractivity contribution < 1.29 is 5.11 Å². The lowest BCUT2D eigenvalue weighted by atomic mass is 9.81. The zero-order valence-electron chi connectivity index (χ0n) is 14.0. The molecule has 2 N–H and O–H groups in total. The topological polar surface area (TPSA) is 50.1 Å². The van der Waals surface area contributed by atoms with Crippen LogP contribution in [0.2, 0.25) is 5.02 Å². The Morgan fingerprint density at radius 2 is 2.05 bits per heavy atom. The maximum absolute atomic E-state index is 10.3. The Balaban J connectivity index is 2.05. The molecule has 0 aliphatic heterocycles. The van der Waals surface area contributed by atoms with Crippen LogP contribution in [0.4, 0.5) is 0 Å². The summed E-state index contributed by atoms with van der Waals surface area (Å²) in [7, 11) is 2.01. The molecule has 0 spiro atoms. The highest BCUT2D eigenvalue weighted by atomic mass is 35.5. The number of hydrogen-bond acceptors (Lipinski definition) is 3. The zero-order valence-corrected chi connectivity index (χ0v) is 14.8.